The van der Waals surface area contributed by atoms with Gasteiger partial charge in [-0.1, -0.05) is 0 Å². The number of carbonyl (C=O) groups is 1. The Balaban J connectivity index is 2.21. The van der Waals surface area contributed by atoms with Crippen LogP contribution in [0.4, 0.5) is 10.1 Å². The predicted molar refractivity (Wildman–Crippen MR) is 83.3 cm³/mol. The van der Waals surface area contributed by atoms with Crippen molar-refractivity contribution in [3.63, 3.8) is 0 Å². The average molecular weight is 321 g/mol. The third kappa shape index (κ3) is 3.89. The van der Waals surface area contributed by atoms with Crippen molar-refractivity contribution in [2.45, 2.75) is 39.8 Å². The van der Waals surface area contributed by atoms with Gasteiger partial charge in [0.1, 0.15) is 11.9 Å². The van der Waals surface area contributed by atoms with E-state index in [1.54, 1.807) is 26.0 Å². The molecule has 0 aliphatic carbocycles. The molecular formula is C15H20FN5O2. The molecule has 0 spiro atoms. The number of anilines is 1. The van der Waals surface area contributed by atoms with E-state index in [9.17, 15) is 9.18 Å². The molecule has 0 saturated heterocycles. The molecule has 2 rings (SSSR count). The highest BCUT2D eigenvalue weighted by molar-refractivity contribution is 5.94. The van der Waals surface area contributed by atoms with Gasteiger partial charge < -0.3 is 10.1 Å². The SMILES string of the molecule is CCO[C@@H](C)C(=O)Nc1ccc(-c2nnnn2C(C)C)c(F)c1. The van der Waals surface area contributed by atoms with Crippen LogP contribution in [0.3, 0.4) is 0 Å². The number of carbonyl (C=O) groups excluding carboxylic acids is 1. The van der Waals surface area contributed by atoms with Gasteiger partial charge in [-0.05, 0) is 56.3 Å². The van der Waals surface area contributed by atoms with Gasteiger partial charge in [-0.25, -0.2) is 9.07 Å². The minimum absolute atomic E-state index is 0.00539. The fourth-order valence-electron chi connectivity index (χ4n) is 2.06. The molecule has 1 amide bonds. The molecule has 0 bridgehead atoms. The van der Waals surface area contributed by atoms with Crippen LogP contribution in [-0.4, -0.2) is 38.8 Å². The number of nitrogens with zero attached hydrogens (tertiary/aromatic N) is 4. The van der Waals surface area contributed by atoms with Gasteiger partial charge in [-0.2, -0.15) is 0 Å². The number of benzene rings is 1. The van der Waals surface area contributed by atoms with Crippen molar-refractivity contribution in [1.29, 1.82) is 0 Å². The summed E-state index contributed by atoms with van der Waals surface area (Å²) in [4.78, 5) is 11.9. The van der Waals surface area contributed by atoms with Crippen molar-refractivity contribution in [2.75, 3.05) is 11.9 Å². The smallest absolute Gasteiger partial charge is 0.253 e. The van der Waals surface area contributed by atoms with Gasteiger partial charge in [0.15, 0.2) is 5.82 Å². The lowest BCUT2D eigenvalue weighted by Gasteiger charge is -2.13. The molecule has 1 atom stereocenters. The Morgan fingerprint density at radius 2 is 2.13 bits per heavy atom. The topological polar surface area (TPSA) is 81.9 Å². The van der Waals surface area contributed by atoms with Gasteiger partial charge in [-0.3, -0.25) is 4.79 Å². The van der Waals surface area contributed by atoms with Gasteiger partial charge in [0, 0.05) is 12.3 Å². The Bertz CT molecular complexity index is 686. The summed E-state index contributed by atoms with van der Waals surface area (Å²) in [6, 6.07) is 4.39. The highest BCUT2D eigenvalue weighted by Crippen LogP contribution is 2.25. The molecule has 0 saturated carbocycles. The third-order valence-electron chi connectivity index (χ3n) is 3.25. The molecular weight excluding hydrogens is 301 g/mol. The molecule has 1 aromatic heterocycles. The highest BCUT2D eigenvalue weighted by atomic mass is 19.1. The van der Waals surface area contributed by atoms with E-state index in [0.29, 0.717) is 18.1 Å². The molecule has 0 aliphatic rings. The molecule has 7 nitrogen and oxygen atoms in total. The summed E-state index contributed by atoms with van der Waals surface area (Å²) in [5.74, 6) is -0.493. The Morgan fingerprint density at radius 1 is 1.39 bits per heavy atom. The molecule has 2 aromatic rings. The van der Waals surface area contributed by atoms with Crippen LogP contribution in [0, 0.1) is 5.82 Å². The Kier molecular flexibility index (Phi) is 5.38. The zero-order chi connectivity index (χ0) is 17.0. The van der Waals surface area contributed by atoms with Crippen molar-refractivity contribution in [1.82, 2.24) is 20.2 Å². The maximum Gasteiger partial charge on any atom is 0.253 e. The molecule has 0 radical (unpaired) electrons. The minimum atomic E-state index is -0.601. The second-order valence-corrected chi connectivity index (χ2v) is 5.32. The molecule has 124 valence electrons. The fourth-order valence-corrected chi connectivity index (χ4v) is 2.06. The van der Waals surface area contributed by atoms with Crippen LogP contribution in [0.2, 0.25) is 0 Å². The van der Waals surface area contributed by atoms with Crippen LogP contribution >= 0.6 is 0 Å². The summed E-state index contributed by atoms with van der Waals surface area (Å²) < 4.78 is 21.1. The monoisotopic (exact) mass is 321 g/mol. The van der Waals surface area contributed by atoms with Gasteiger partial charge in [0.2, 0.25) is 0 Å². The van der Waals surface area contributed by atoms with Crippen LogP contribution < -0.4 is 5.32 Å². The zero-order valence-corrected chi connectivity index (χ0v) is 13.6. The maximum atomic E-state index is 14.4. The van der Waals surface area contributed by atoms with Crippen molar-refractivity contribution in [3.8, 4) is 11.4 Å². The first-order valence-electron chi connectivity index (χ1n) is 7.44. The number of amides is 1. The fraction of sp³-hybridized carbons (Fsp3) is 0.467. The number of aromatic nitrogens is 4. The molecule has 1 N–H and O–H groups in total. The summed E-state index contributed by atoms with van der Waals surface area (Å²) in [5, 5.41) is 13.9. The van der Waals surface area contributed by atoms with E-state index in [2.05, 4.69) is 20.8 Å². The Labute approximate surface area is 133 Å². The van der Waals surface area contributed by atoms with Crippen LogP contribution in [0.5, 0.6) is 0 Å². The molecule has 1 heterocycles. The second kappa shape index (κ2) is 7.28. The molecule has 23 heavy (non-hydrogen) atoms. The van der Waals surface area contributed by atoms with Crippen molar-refractivity contribution in [3.05, 3.63) is 24.0 Å². The molecule has 0 fully saturated rings. The van der Waals surface area contributed by atoms with Gasteiger partial charge in [-0.15, -0.1) is 5.10 Å². The van der Waals surface area contributed by atoms with E-state index < -0.39 is 11.9 Å². The third-order valence-corrected chi connectivity index (χ3v) is 3.25. The quantitative estimate of drug-likeness (QED) is 0.883. The first kappa shape index (κ1) is 17.0. The highest BCUT2D eigenvalue weighted by Gasteiger charge is 2.17. The summed E-state index contributed by atoms with van der Waals surface area (Å²) in [6.07, 6.45) is -0.601. The zero-order valence-electron chi connectivity index (χ0n) is 13.6. The van der Waals surface area contributed by atoms with Crippen LogP contribution in [0.25, 0.3) is 11.4 Å². The summed E-state index contributed by atoms with van der Waals surface area (Å²) >= 11 is 0. The summed E-state index contributed by atoms with van der Waals surface area (Å²) in [6.45, 7) is 7.68. The normalized spacial score (nSPS) is 12.4. The summed E-state index contributed by atoms with van der Waals surface area (Å²) in [5.41, 5.74) is 0.630. The molecule has 8 heteroatoms. The first-order valence-corrected chi connectivity index (χ1v) is 7.44. The van der Waals surface area contributed by atoms with Crippen LogP contribution in [0.15, 0.2) is 18.2 Å². The lowest BCUT2D eigenvalue weighted by atomic mass is 10.1. The van der Waals surface area contributed by atoms with E-state index in [1.807, 2.05) is 13.8 Å². The molecule has 1 aromatic carbocycles. The van der Waals surface area contributed by atoms with Gasteiger partial charge >= 0.3 is 0 Å². The predicted octanol–water partition coefficient (Wildman–Crippen LogP) is 2.42. The van der Waals surface area contributed by atoms with E-state index in [4.69, 9.17) is 4.74 Å². The lowest BCUT2D eigenvalue weighted by Crippen LogP contribution is -2.27. The maximum absolute atomic E-state index is 14.4. The largest absolute Gasteiger partial charge is 0.369 e. The van der Waals surface area contributed by atoms with E-state index in [1.165, 1.54) is 10.7 Å². The minimum Gasteiger partial charge on any atom is -0.369 e. The molecule has 0 aliphatic heterocycles. The number of ether oxygens (including phenoxy) is 1. The van der Waals surface area contributed by atoms with Gasteiger partial charge in [0.25, 0.3) is 5.91 Å². The number of rotatable bonds is 6. The Morgan fingerprint density at radius 3 is 2.74 bits per heavy atom. The van der Waals surface area contributed by atoms with Gasteiger partial charge in [0.05, 0.1) is 11.6 Å². The number of halogens is 1. The van der Waals surface area contributed by atoms with Crippen molar-refractivity contribution >= 4 is 11.6 Å². The van der Waals surface area contributed by atoms with E-state index in [-0.39, 0.29) is 17.5 Å². The number of hydrogen-bond acceptors (Lipinski definition) is 5. The number of tetrazole rings is 1. The van der Waals surface area contributed by atoms with E-state index in [0.717, 1.165) is 0 Å². The average Bonchev–Trinajstić information content (AvgIpc) is 2.97. The van der Waals surface area contributed by atoms with E-state index >= 15 is 0 Å². The first-order chi connectivity index (χ1) is 10.9. The number of hydrogen-bond donors (Lipinski definition) is 1. The van der Waals surface area contributed by atoms with Crippen LogP contribution in [0.1, 0.15) is 33.7 Å². The lowest BCUT2D eigenvalue weighted by molar-refractivity contribution is -0.126. The second-order valence-electron chi connectivity index (χ2n) is 5.32. The molecule has 0 unspecified atom stereocenters. The Hall–Kier alpha value is -2.35. The van der Waals surface area contributed by atoms with Crippen molar-refractivity contribution < 1.29 is 13.9 Å². The number of nitrogens with one attached hydrogen (secondary N) is 1. The van der Waals surface area contributed by atoms with Crippen LogP contribution in [-0.2, 0) is 9.53 Å². The van der Waals surface area contributed by atoms with Crippen molar-refractivity contribution in [2.24, 2.45) is 0 Å². The standard InChI is InChI=1S/C15H20FN5O2/c1-5-23-10(4)15(22)17-11-6-7-12(13(16)8-11)14-18-19-20-21(14)9(2)3/h6-10H,5H2,1-4H3,(H,17,22)/t10-/m0/s1. The summed E-state index contributed by atoms with van der Waals surface area (Å²) in [7, 11) is 0.